The van der Waals surface area contributed by atoms with Crippen molar-refractivity contribution >= 4 is 6.08 Å². The standard InChI is InChI=1S/C10H12O2/c1-3-9-4-6-10(7-5-9)8-12-11-2/h3-7H,1,8H2,2H3. The molecule has 0 heterocycles. The Morgan fingerprint density at radius 2 is 2.00 bits per heavy atom. The highest BCUT2D eigenvalue weighted by Crippen LogP contribution is 2.06. The Morgan fingerprint density at radius 1 is 1.33 bits per heavy atom. The first kappa shape index (κ1) is 8.97. The highest BCUT2D eigenvalue weighted by atomic mass is 17.2. The zero-order chi connectivity index (χ0) is 8.81. The molecule has 0 spiro atoms. The van der Waals surface area contributed by atoms with Crippen LogP contribution in [-0.2, 0) is 16.4 Å². The summed E-state index contributed by atoms with van der Waals surface area (Å²) in [5.74, 6) is 0. The van der Waals surface area contributed by atoms with Crippen molar-refractivity contribution in [3.05, 3.63) is 42.0 Å². The van der Waals surface area contributed by atoms with E-state index in [1.165, 1.54) is 7.11 Å². The van der Waals surface area contributed by atoms with Crippen LogP contribution < -0.4 is 0 Å². The molecule has 0 N–H and O–H groups in total. The quantitative estimate of drug-likeness (QED) is 0.502. The van der Waals surface area contributed by atoms with Gasteiger partial charge in [-0.05, 0) is 11.1 Å². The Morgan fingerprint density at radius 3 is 2.50 bits per heavy atom. The molecule has 1 aromatic carbocycles. The minimum Gasteiger partial charge on any atom is -0.240 e. The molecule has 1 rings (SSSR count). The van der Waals surface area contributed by atoms with Gasteiger partial charge in [0.05, 0.1) is 7.11 Å². The predicted molar refractivity (Wildman–Crippen MR) is 48.3 cm³/mol. The molecule has 0 unspecified atom stereocenters. The average Bonchev–Trinajstić information content (AvgIpc) is 2.15. The van der Waals surface area contributed by atoms with E-state index in [2.05, 4.69) is 11.5 Å². The van der Waals surface area contributed by atoms with Crippen LogP contribution in [0.3, 0.4) is 0 Å². The van der Waals surface area contributed by atoms with Crippen LogP contribution in [0.5, 0.6) is 0 Å². The fourth-order valence-corrected chi connectivity index (χ4v) is 0.877. The molecule has 0 aliphatic rings. The molecule has 2 nitrogen and oxygen atoms in total. The van der Waals surface area contributed by atoms with E-state index in [4.69, 9.17) is 4.89 Å². The molecule has 0 radical (unpaired) electrons. The SMILES string of the molecule is C=Cc1ccc(COOC)cc1. The average molecular weight is 164 g/mol. The predicted octanol–water partition coefficient (Wildman–Crippen LogP) is 2.41. The molecule has 0 aliphatic carbocycles. The molecule has 0 fully saturated rings. The van der Waals surface area contributed by atoms with Gasteiger partial charge in [0.25, 0.3) is 0 Å². The third-order valence-corrected chi connectivity index (χ3v) is 1.56. The summed E-state index contributed by atoms with van der Waals surface area (Å²) in [4.78, 5) is 9.25. The van der Waals surface area contributed by atoms with E-state index in [0.717, 1.165) is 11.1 Å². The lowest BCUT2D eigenvalue weighted by Gasteiger charge is -2.00. The monoisotopic (exact) mass is 164 g/mol. The van der Waals surface area contributed by atoms with Crippen molar-refractivity contribution in [2.45, 2.75) is 6.61 Å². The number of benzene rings is 1. The zero-order valence-corrected chi connectivity index (χ0v) is 7.12. The molecular weight excluding hydrogens is 152 g/mol. The Bertz CT molecular complexity index is 239. The largest absolute Gasteiger partial charge is 0.240 e. The fourth-order valence-electron chi connectivity index (χ4n) is 0.877. The van der Waals surface area contributed by atoms with Crippen LogP contribution in [0.1, 0.15) is 11.1 Å². The first-order chi connectivity index (χ1) is 5.86. The van der Waals surface area contributed by atoms with Crippen molar-refractivity contribution in [1.29, 1.82) is 0 Å². The van der Waals surface area contributed by atoms with Crippen molar-refractivity contribution < 1.29 is 9.78 Å². The topological polar surface area (TPSA) is 18.5 Å². The maximum Gasteiger partial charge on any atom is 0.107 e. The molecule has 1 aromatic rings. The molecule has 0 amide bonds. The number of rotatable bonds is 4. The number of hydrogen-bond acceptors (Lipinski definition) is 2. The Labute approximate surface area is 72.4 Å². The van der Waals surface area contributed by atoms with Gasteiger partial charge in [-0.25, -0.2) is 9.78 Å². The van der Waals surface area contributed by atoms with Gasteiger partial charge < -0.3 is 0 Å². The molecule has 2 heteroatoms. The molecule has 64 valence electrons. The molecule has 0 saturated heterocycles. The lowest BCUT2D eigenvalue weighted by molar-refractivity contribution is -0.282. The molecule has 0 atom stereocenters. The van der Waals surface area contributed by atoms with Crippen LogP contribution in [0.15, 0.2) is 30.8 Å². The first-order valence-electron chi connectivity index (χ1n) is 3.74. The summed E-state index contributed by atoms with van der Waals surface area (Å²) in [7, 11) is 1.50. The molecule has 0 aliphatic heterocycles. The fraction of sp³-hybridized carbons (Fsp3) is 0.200. The molecule has 0 aromatic heterocycles. The van der Waals surface area contributed by atoms with Gasteiger partial charge in [0.15, 0.2) is 0 Å². The van der Waals surface area contributed by atoms with Crippen LogP contribution in [-0.4, -0.2) is 7.11 Å². The third kappa shape index (κ3) is 2.49. The van der Waals surface area contributed by atoms with E-state index in [1.54, 1.807) is 6.08 Å². The molecule has 0 saturated carbocycles. The lowest BCUT2D eigenvalue weighted by atomic mass is 10.1. The minimum atomic E-state index is 0.480. The lowest BCUT2D eigenvalue weighted by Crippen LogP contribution is -1.90. The summed E-state index contributed by atoms with van der Waals surface area (Å²) in [6.07, 6.45) is 1.81. The van der Waals surface area contributed by atoms with Gasteiger partial charge >= 0.3 is 0 Å². The minimum absolute atomic E-state index is 0.480. The summed E-state index contributed by atoms with van der Waals surface area (Å²) >= 11 is 0. The van der Waals surface area contributed by atoms with E-state index in [0.29, 0.717) is 6.61 Å². The molecule has 12 heavy (non-hydrogen) atoms. The van der Waals surface area contributed by atoms with E-state index in [-0.39, 0.29) is 0 Å². The Balaban J connectivity index is 2.58. The van der Waals surface area contributed by atoms with Crippen LogP contribution in [0, 0.1) is 0 Å². The van der Waals surface area contributed by atoms with Gasteiger partial charge in [-0.15, -0.1) is 0 Å². The zero-order valence-electron chi connectivity index (χ0n) is 7.12. The van der Waals surface area contributed by atoms with E-state index >= 15 is 0 Å². The normalized spacial score (nSPS) is 9.75. The Hall–Kier alpha value is -1.12. The summed E-state index contributed by atoms with van der Waals surface area (Å²) in [6, 6.07) is 7.94. The van der Waals surface area contributed by atoms with Crippen molar-refractivity contribution in [3.63, 3.8) is 0 Å². The highest BCUT2D eigenvalue weighted by molar-refractivity contribution is 5.47. The van der Waals surface area contributed by atoms with Crippen LogP contribution in [0.25, 0.3) is 6.08 Å². The van der Waals surface area contributed by atoms with Crippen LogP contribution >= 0.6 is 0 Å². The van der Waals surface area contributed by atoms with Crippen LogP contribution in [0.2, 0.25) is 0 Å². The van der Waals surface area contributed by atoms with Gasteiger partial charge in [-0.2, -0.15) is 0 Å². The smallest absolute Gasteiger partial charge is 0.107 e. The Kier molecular flexibility index (Phi) is 3.51. The summed E-state index contributed by atoms with van der Waals surface area (Å²) in [6.45, 7) is 4.15. The van der Waals surface area contributed by atoms with Crippen molar-refractivity contribution in [1.82, 2.24) is 0 Å². The summed E-state index contributed by atoms with van der Waals surface area (Å²) < 4.78 is 0. The van der Waals surface area contributed by atoms with Gasteiger partial charge in [0.1, 0.15) is 6.61 Å². The number of hydrogen-bond donors (Lipinski definition) is 0. The molecule has 0 bridgehead atoms. The summed E-state index contributed by atoms with van der Waals surface area (Å²) in [5, 5.41) is 0. The van der Waals surface area contributed by atoms with Crippen molar-refractivity contribution in [2.24, 2.45) is 0 Å². The van der Waals surface area contributed by atoms with Crippen LogP contribution in [0.4, 0.5) is 0 Å². The maximum atomic E-state index is 4.77. The van der Waals surface area contributed by atoms with Crippen molar-refractivity contribution in [2.75, 3.05) is 7.11 Å². The summed E-state index contributed by atoms with van der Waals surface area (Å²) in [5.41, 5.74) is 2.19. The first-order valence-corrected chi connectivity index (χ1v) is 3.74. The second-order valence-electron chi connectivity index (χ2n) is 2.37. The van der Waals surface area contributed by atoms with E-state index < -0.39 is 0 Å². The van der Waals surface area contributed by atoms with E-state index in [9.17, 15) is 0 Å². The van der Waals surface area contributed by atoms with Gasteiger partial charge in [-0.3, -0.25) is 0 Å². The van der Waals surface area contributed by atoms with Gasteiger partial charge in [-0.1, -0.05) is 36.9 Å². The molecular formula is C10H12O2. The maximum absolute atomic E-state index is 4.77. The van der Waals surface area contributed by atoms with Gasteiger partial charge in [0, 0.05) is 0 Å². The van der Waals surface area contributed by atoms with Crippen molar-refractivity contribution in [3.8, 4) is 0 Å². The van der Waals surface area contributed by atoms with Gasteiger partial charge in [0.2, 0.25) is 0 Å². The third-order valence-electron chi connectivity index (χ3n) is 1.56. The van der Waals surface area contributed by atoms with E-state index in [1.807, 2.05) is 24.3 Å². The second-order valence-corrected chi connectivity index (χ2v) is 2.37. The second kappa shape index (κ2) is 4.70. The highest BCUT2D eigenvalue weighted by Gasteiger charge is 1.91.